The molecule has 0 saturated carbocycles. The highest BCUT2D eigenvalue weighted by Gasteiger charge is 2.28. The Morgan fingerprint density at radius 2 is 1.47 bits per heavy atom. The minimum atomic E-state index is -0.639. The molecule has 2 aromatic carbocycles. The third-order valence-electron chi connectivity index (χ3n) is 5.71. The Bertz CT molecular complexity index is 985. The van der Waals surface area contributed by atoms with Gasteiger partial charge in [0.1, 0.15) is 5.76 Å². The number of piperazine rings is 1. The molecule has 1 atom stereocenters. The van der Waals surface area contributed by atoms with Gasteiger partial charge in [-0.05, 0) is 29.8 Å². The summed E-state index contributed by atoms with van der Waals surface area (Å²) >= 11 is 0. The summed E-state index contributed by atoms with van der Waals surface area (Å²) in [6.45, 7) is 4.04. The highest BCUT2D eigenvalue weighted by atomic mass is 16.3. The Morgan fingerprint density at radius 1 is 0.812 bits per heavy atom. The van der Waals surface area contributed by atoms with Crippen molar-refractivity contribution < 1.29 is 14.0 Å². The smallest absolute Gasteiger partial charge is 0.309 e. The summed E-state index contributed by atoms with van der Waals surface area (Å²) in [7, 11) is 0. The van der Waals surface area contributed by atoms with E-state index in [1.54, 1.807) is 6.26 Å². The van der Waals surface area contributed by atoms with Crippen LogP contribution in [0.1, 0.15) is 17.4 Å². The maximum Gasteiger partial charge on any atom is 0.309 e. The lowest BCUT2D eigenvalue weighted by Gasteiger charge is -2.39. The third-order valence-corrected chi connectivity index (χ3v) is 5.71. The number of carbonyl (C=O) groups excluding carboxylic acids is 2. The van der Waals surface area contributed by atoms with Crippen LogP contribution in [0.2, 0.25) is 0 Å². The van der Waals surface area contributed by atoms with E-state index in [0.29, 0.717) is 13.1 Å². The molecule has 1 unspecified atom stereocenters. The number of hydrogen-bond donors (Lipinski definition) is 2. The lowest BCUT2D eigenvalue weighted by atomic mass is 10.1. The van der Waals surface area contributed by atoms with E-state index in [2.05, 4.69) is 32.6 Å². The number of para-hydroxylation sites is 1. The third kappa shape index (κ3) is 5.56. The van der Waals surface area contributed by atoms with Crippen LogP contribution in [-0.2, 0) is 16.1 Å². The zero-order valence-corrected chi connectivity index (χ0v) is 17.9. The van der Waals surface area contributed by atoms with Crippen LogP contribution in [0.25, 0.3) is 0 Å². The summed E-state index contributed by atoms with van der Waals surface area (Å²) in [5.74, 6) is -0.496. The Labute approximate surface area is 188 Å². The van der Waals surface area contributed by atoms with Gasteiger partial charge >= 0.3 is 11.8 Å². The van der Waals surface area contributed by atoms with Gasteiger partial charge in [0.05, 0.1) is 12.3 Å². The van der Waals surface area contributed by atoms with Crippen molar-refractivity contribution >= 4 is 17.5 Å². The first-order valence-electron chi connectivity index (χ1n) is 10.9. The monoisotopic (exact) mass is 432 g/mol. The van der Waals surface area contributed by atoms with Crippen LogP contribution in [0.5, 0.6) is 0 Å². The molecule has 1 aliphatic heterocycles. The molecule has 1 aromatic heterocycles. The summed E-state index contributed by atoms with van der Waals surface area (Å²) in [5.41, 5.74) is 2.16. The van der Waals surface area contributed by atoms with Gasteiger partial charge in [-0.15, -0.1) is 0 Å². The number of anilines is 1. The normalized spacial score (nSPS) is 15.2. The van der Waals surface area contributed by atoms with Crippen LogP contribution in [0.4, 0.5) is 5.69 Å². The lowest BCUT2D eigenvalue weighted by Crippen LogP contribution is -2.50. The van der Waals surface area contributed by atoms with Crippen LogP contribution >= 0.6 is 0 Å². The first-order chi connectivity index (χ1) is 15.7. The number of benzene rings is 2. The molecule has 7 heteroatoms. The molecule has 3 aromatic rings. The molecule has 2 amide bonds. The summed E-state index contributed by atoms with van der Waals surface area (Å²) in [6.07, 6.45) is 1.64. The molecule has 0 aliphatic carbocycles. The average Bonchev–Trinajstić information content (AvgIpc) is 3.39. The number of carbonyl (C=O) groups is 2. The van der Waals surface area contributed by atoms with E-state index in [4.69, 9.17) is 4.42 Å². The fourth-order valence-corrected chi connectivity index (χ4v) is 3.95. The van der Waals surface area contributed by atoms with E-state index in [9.17, 15) is 9.59 Å². The van der Waals surface area contributed by atoms with Crippen LogP contribution in [0, 0.1) is 0 Å². The molecule has 1 aliphatic rings. The number of furan rings is 1. The fourth-order valence-electron chi connectivity index (χ4n) is 3.95. The molecular weight excluding hydrogens is 404 g/mol. The molecule has 4 rings (SSSR count). The van der Waals surface area contributed by atoms with Crippen molar-refractivity contribution in [3.8, 4) is 0 Å². The largest absolute Gasteiger partial charge is 0.468 e. The van der Waals surface area contributed by atoms with E-state index in [1.165, 1.54) is 5.69 Å². The first kappa shape index (κ1) is 21.6. The summed E-state index contributed by atoms with van der Waals surface area (Å²) in [4.78, 5) is 29.2. The minimum Gasteiger partial charge on any atom is -0.468 e. The number of nitrogens with one attached hydrogen (secondary N) is 2. The van der Waals surface area contributed by atoms with Crippen molar-refractivity contribution in [2.75, 3.05) is 37.6 Å². The second-order valence-electron chi connectivity index (χ2n) is 7.77. The summed E-state index contributed by atoms with van der Waals surface area (Å²) in [5, 5.41) is 5.45. The number of rotatable bonds is 7. The molecule has 0 spiro atoms. The quantitative estimate of drug-likeness (QED) is 0.561. The van der Waals surface area contributed by atoms with Crippen molar-refractivity contribution in [3.63, 3.8) is 0 Å². The molecule has 166 valence electrons. The second kappa shape index (κ2) is 10.6. The molecule has 2 heterocycles. The second-order valence-corrected chi connectivity index (χ2v) is 7.77. The van der Waals surface area contributed by atoms with Crippen LogP contribution in [0.15, 0.2) is 83.5 Å². The molecule has 1 fully saturated rings. The number of hydrogen-bond acceptors (Lipinski definition) is 5. The van der Waals surface area contributed by atoms with Gasteiger partial charge in [0.15, 0.2) is 0 Å². The fraction of sp³-hybridized carbons (Fsp3) is 0.280. The molecular formula is C25H28N4O3. The SMILES string of the molecule is O=C(NCc1ccccc1)C(=O)NCC(c1ccco1)N1CCN(c2ccccc2)CC1. The van der Waals surface area contributed by atoms with Gasteiger partial charge < -0.3 is 20.0 Å². The van der Waals surface area contributed by atoms with E-state index in [0.717, 1.165) is 37.5 Å². The first-order valence-corrected chi connectivity index (χ1v) is 10.9. The Morgan fingerprint density at radius 3 is 2.12 bits per heavy atom. The Kier molecular flexibility index (Phi) is 7.19. The maximum absolute atomic E-state index is 12.4. The van der Waals surface area contributed by atoms with Crippen molar-refractivity contribution in [1.29, 1.82) is 0 Å². The minimum absolute atomic E-state index is 0.131. The van der Waals surface area contributed by atoms with Gasteiger partial charge in [0.25, 0.3) is 0 Å². The zero-order valence-electron chi connectivity index (χ0n) is 17.9. The average molecular weight is 433 g/mol. The van der Waals surface area contributed by atoms with Gasteiger partial charge in [0, 0.05) is 45.0 Å². The van der Waals surface area contributed by atoms with E-state index in [1.807, 2.05) is 60.7 Å². The van der Waals surface area contributed by atoms with Crippen LogP contribution in [-0.4, -0.2) is 49.4 Å². The molecule has 1 saturated heterocycles. The highest BCUT2D eigenvalue weighted by molar-refractivity contribution is 6.35. The molecule has 2 N–H and O–H groups in total. The number of nitrogens with zero attached hydrogens (tertiary/aromatic N) is 2. The maximum atomic E-state index is 12.4. The van der Waals surface area contributed by atoms with Crippen molar-refractivity contribution in [1.82, 2.24) is 15.5 Å². The Balaban J connectivity index is 1.32. The van der Waals surface area contributed by atoms with Gasteiger partial charge in [-0.1, -0.05) is 48.5 Å². The predicted octanol–water partition coefficient (Wildman–Crippen LogP) is 2.58. The summed E-state index contributed by atoms with van der Waals surface area (Å²) < 4.78 is 5.65. The summed E-state index contributed by atoms with van der Waals surface area (Å²) in [6, 6.07) is 23.5. The van der Waals surface area contributed by atoms with E-state index < -0.39 is 11.8 Å². The zero-order chi connectivity index (χ0) is 22.2. The molecule has 7 nitrogen and oxygen atoms in total. The Hall–Kier alpha value is -3.58. The van der Waals surface area contributed by atoms with E-state index >= 15 is 0 Å². The van der Waals surface area contributed by atoms with E-state index in [-0.39, 0.29) is 6.04 Å². The predicted molar refractivity (Wildman–Crippen MR) is 123 cm³/mol. The molecule has 0 bridgehead atoms. The van der Waals surface area contributed by atoms with Crippen LogP contribution in [0.3, 0.4) is 0 Å². The topological polar surface area (TPSA) is 77.8 Å². The highest BCUT2D eigenvalue weighted by Crippen LogP contribution is 2.24. The van der Waals surface area contributed by atoms with Crippen LogP contribution < -0.4 is 15.5 Å². The van der Waals surface area contributed by atoms with Gasteiger partial charge in [0.2, 0.25) is 0 Å². The lowest BCUT2D eigenvalue weighted by molar-refractivity contribution is -0.139. The van der Waals surface area contributed by atoms with Gasteiger partial charge in [-0.25, -0.2) is 0 Å². The molecule has 0 radical (unpaired) electrons. The van der Waals surface area contributed by atoms with Crippen molar-refractivity contribution in [2.45, 2.75) is 12.6 Å². The number of amides is 2. The standard InChI is InChI=1S/C25H28N4O3/c30-24(26-18-20-8-3-1-4-9-20)25(31)27-19-22(23-12-7-17-32-23)29-15-13-28(14-16-29)21-10-5-2-6-11-21/h1-12,17,22H,13-16,18-19H2,(H,26,30)(H,27,31). The molecule has 32 heavy (non-hydrogen) atoms. The van der Waals surface area contributed by atoms with Gasteiger partial charge in [-0.2, -0.15) is 0 Å². The van der Waals surface area contributed by atoms with Gasteiger partial charge in [-0.3, -0.25) is 14.5 Å². The van der Waals surface area contributed by atoms with Crippen molar-refractivity contribution in [2.24, 2.45) is 0 Å². The van der Waals surface area contributed by atoms with Crippen molar-refractivity contribution in [3.05, 3.63) is 90.4 Å².